The van der Waals surface area contributed by atoms with Crippen LogP contribution >= 0.6 is 11.6 Å². The van der Waals surface area contributed by atoms with E-state index in [-0.39, 0.29) is 6.42 Å². The minimum Gasteiger partial charge on any atom is -0.456 e. The number of nitriles is 2. The number of nitrogens with zero attached hydrogens (tertiary/aromatic N) is 4. The number of halogens is 1. The Morgan fingerprint density at radius 1 is 1.45 bits per heavy atom. The van der Waals surface area contributed by atoms with Crippen LogP contribution in [0.4, 0.5) is 0 Å². The molecule has 22 heavy (non-hydrogen) atoms. The number of aromatic nitrogens is 2. The summed E-state index contributed by atoms with van der Waals surface area (Å²) >= 11 is 6.02. The number of cyclic esters (lactones) is 1. The number of ether oxygens (including phenoxy) is 1. The van der Waals surface area contributed by atoms with Gasteiger partial charge in [0.2, 0.25) is 0 Å². The van der Waals surface area contributed by atoms with Crippen molar-refractivity contribution in [3.8, 4) is 17.8 Å². The van der Waals surface area contributed by atoms with Crippen LogP contribution in [0.15, 0.2) is 24.5 Å². The number of fused-ring (bicyclic) bond motifs is 1. The number of benzene rings is 1. The largest absolute Gasteiger partial charge is 0.456 e. The van der Waals surface area contributed by atoms with Crippen LogP contribution in [-0.2, 0) is 11.2 Å². The molecule has 0 aliphatic carbocycles. The molecule has 7 heteroatoms. The van der Waals surface area contributed by atoms with Crippen LogP contribution < -0.4 is 0 Å². The van der Waals surface area contributed by atoms with Crippen molar-refractivity contribution in [2.45, 2.75) is 18.9 Å². The fourth-order valence-corrected chi connectivity index (χ4v) is 2.59. The maximum absolute atomic E-state index is 12.2. The molecule has 1 aliphatic rings. The Morgan fingerprint density at radius 2 is 2.27 bits per heavy atom. The van der Waals surface area contributed by atoms with Gasteiger partial charge in [0.05, 0.1) is 28.8 Å². The zero-order chi connectivity index (χ0) is 15.7. The topological polar surface area (TPSA) is 91.7 Å². The predicted molar refractivity (Wildman–Crippen MR) is 76.4 cm³/mol. The van der Waals surface area contributed by atoms with Crippen molar-refractivity contribution in [2.75, 3.05) is 0 Å². The van der Waals surface area contributed by atoms with Crippen LogP contribution in [0.1, 0.15) is 28.2 Å². The molecule has 1 aliphatic heterocycles. The van der Waals surface area contributed by atoms with E-state index in [4.69, 9.17) is 26.9 Å². The molecule has 0 amide bonds. The van der Waals surface area contributed by atoms with Gasteiger partial charge < -0.3 is 4.74 Å². The average Bonchev–Trinajstić information content (AvgIpc) is 2.92. The maximum atomic E-state index is 12.2. The minimum atomic E-state index is -0.514. The summed E-state index contributed by atoms with van der Waals surface area (Å²) < 4.78 is 6.82. The van der Waals surface area contributed by atoms with Crippen LogP contribution in [0.25, 0.3) is 5.69 Å². The summed E-state index contributed by atoms with van der Waals surface area (Å²) in [6.45, 7) is 0. The minimum absolute atomic E-state index is 0.140. The lowest BCUT2D eigenvalue weighted by Gasteiger charge is -2.21. The van der Waals surface area contributed by atoms with Gasteiger partial charge in [0.1, 0.15) is 18.5 Å². The highest BCUT2D eigenvalue weighted by Crippen LogP contribution is 2.26. The summed E-state index contributed by atoms with van der Waals surface area (Å²) in [5, 5.41) is 17.9. The molecular weight excluding hydrogens is 304 g/mol. The van der Waals surface area contributed by atoms with Gasteiger partial charge in [0.25, 0.3) is 0 Å². The normalized spacial score (nSPS) is 16.3. The van der Waals surface area contributed by atoms with E-state index >= 15 is 0 Å². The van der Waals surface area contributed by atoms with Gasteiger partial charge in [0, 0.05) is 12.1 Å². The fourth-order valence-electron chi connectivity index (χ4n) is 2.37. The van der Waals surface area contributed by atoms with Gasteiger partial charge in [-0.3, -0.25) is 4.57 Å². The fraction of sp³-hybridized carbons (Fsp3) is 0.200. The van der Waals surface area contributed by atoms with Gasteiger partial charge in [-0.1, -0.05) is 11.6 Å². The smallest absolute Gasteiger partial charge is 0.357 e. The molecule has 1 aromatic heterocycles. The second-order valence-corrected chi connectivity index (χ2v) is 5.19. The van der Waals surface area contributed by atoms with E-state index in [0.717, 1.165) is 0 Å². The summed E-state index contributed by atoms with van der Waals surface area (Å²) in [4.78, 5) is 16.4. The highest BCUT2D eigenvalue weighted by Gasteiger charge is 2.31. The first kappa shape index (κ1) is 14.1. The lowest BCUT2D eigenvalue weighted by Crippen LogP contribution is -2.28. The molecule has 0 N–H and O–H groups in total. The number of hydrogen-bond donors (Lipinski definition) is 0. The molecule has 0 radical (unpaired) electrons. The monoisotopic (exact) mass is 312 g/mol. The second-order valence-electron chi connectivity index (χ2n) is 4.78. The van der Waals surface area contributed by atoms with Gasteiger partial charge in [0.15, 0.2) is 5.69 Å². The van der Waals surface area contributed by atoms with E-state index in [1.807, 2.05) is 12.1 Å². The summed E-state index contributed by atoms with van der Waals surface area (Å²) in [7, 11) is 0. The molecule has 0 saturated carbocycles. The van der Waals surface area contributed by atoms with E-state index in [0.29, 0.717) is 34.1 Å². The second kappa shape index (κ2) is 5.51. The molecule has 6 nitrogen and oxygen atoms in total. The number of carbonyl (C=O) groups excluding carboxylic acids is 1. The van der Waals surface area contributed by atoms with Crippen LogP contribution in [0.3, 0.4) is 0 Å². The number of hydrogen-bond acceptors (Lipinski definition) is 5. The van der Waals surface area contributed by atoms with E-state index in [9.17, 15) is 4.79 Å². The number of imidazole rings is 1. The van der Waals surface area contributed by atoms with Crippen molar-refractivity contribution in [3.05, 3.63) is 46.5 Å². The average molecular weight is 313 g/mol. The Kier molecular flexibility index (Phi) is 3.54. The van der Waals surface area contributed by atoms with E-state index in [2.05, 4.69) is 4.98 Å². The summed E-state index contributed by atoms with van der Waals surface area (Å²) in [5.41, 5.74) is 1.90. The van der Waals surface area contributed by atoms with Gasteiger partial charge in [-0.25, -0.2) is 9.78 Å². The van der Waals surface area contributed by atoms with Gasteiger partial charge in [-0.15, -0.1) is 0 Å². The molecule has 1 aromatic carbocycles. The third-order valence-corrected chi connectivity index (χ3v) is 3.71. The van der Waals surface area contributed by atoms with Crippen molar-refractivity contribution >= 4 is 17.6 Å². The lowest BCUT2D eigenvalue weighted by molar-refractivity contribution is 0.0256. The third kappa shape index (κ3) is 2.30. The number of rotatable bonds is 2. The predicted octanol–water partition coefficient (Wildman–Crippen LogP) is 2.39. The van der Waals surface area contributed by atoms with Crippen LogP contribution in [-0.4, -0.2) is 21.6 Å². The van der Waals surface area contributed by atoms with Crippen LogP contribution in [0, 0.1) is 22.7 Å². The number of carbonyl (C=O) groups is 1. The first-order valence-corrected chi connectivity index (χ1v) is 6.86. The quantitative estimate of drug-likeness (QED) is 0.794. The Morgan fingerprint density at radius 3 is 2.95 bits per heavy atom. The van der Waals surface area contributed by atoms with Gasteiger partial charge in [-0.2, -0.15) is 10.5 Å². The molecule has 3 rings (SSSR count). The lowest BCUT2D eigenvalue weighted by atomic mass is 10.1. The van der Waals surface area contributed by atoms with Crippen molar-refractivity contribution < 1.29 is 9.53 Å². The third-order valence-electron chi connectivity index (χ3n) is 3.40. The first-order valence-electron chi connectivity index (χ1n) is 6.48. The molecule has 1 atom stereocenters. The zero-order valence-electron chi connectivity index (χ0n) is 11.3. The van der Waals surface area contributed by atoms with Crippen LogP contribution in [0.2, 0.25) is 5.02 Å². The Bertz CT molecular complexity index is 844. The standard InChI is InChI=1S/C15H9ClN4O2/c16-12-5-10(2-1-9(12)7-18)20-8-19-13-6-11(3-4-17)22-15(21)14(13)20/h1-2,5,8,11H,3,6H2. The molecule has 0 spiro atoms. The summed E-state index contributed by atoms with van der Waals surface area (Å²) in [6.07, 6.45) is 1.60. The Hall–Kier alpha value is -2.83. The highest BCUT2D eigenvalue weighted by molar-refractivity contribution is 6.31. The molecular formula is C15H9ClN4O2. The molecule has 0 fully saturated rings. The van der Waals surface area contributed by atoms with E-state index in [1.165, 1.54) is 6.33 Å². The molecule has 2 heterocycles. The zero-order valence-corrected chi connectivity index (χ0v) is 12.0. The Balaban J connectivity index is 2.02. The van der Waals surface area contributed by atoms with Gasteiger partial charge >= 0.3 is 5.97 Å². The SMILES string of the molecule is N#CCC1Cc2ncn(-c3ccc(C#N)c(Cl)c3)c2C(=O)O1. The van der Waals surface area contributed by atoms with Crippen molar-refractivity contribution in [3.63, 3.8) is 0 Å². The van der Waals surface area contributed by atoms with Crippen LogP contribution in [0.5, 0.6) is 0 Å². The molecule has 2 aromatic rings. The molecule has 0 saturated heterocycles. The van der Waals surface area contributed by atoms with E-state index < -0.39 is 12.1 Å². The van der Waals surface area contributed by atoms with E-state index in [1.54, 1.807) is 22.8 Å². The first-order chi connectivity index (χ1) is 10.6. The highest BCUT2D eigenvalue weighted by atomic mass is 35.5. The van der Waals surface area contributed by atoms with Crippen molar-refractivity contribution in [1.29, 1.82) is 10.5 Å². The maximum Gasteiger partial charge on any atom is 0.357 e. The van der Waals surface area contributed by atoms with Gasteiger partial charge in [-0.05, 0) is 18.2 Å². The molecule has 108 valence electrons. The Labute approximate surface area is 131 Å². The molecule has 1 unspecified atom stereocenters. The number of esters is 1. The summed E-state index contributed by atoms with van der Waals surface area (Å²) in [5.74, 6) is -0.514. The van der Waals surface area contributed by atoms with Crippen molar-refractivity contribution in [1.82, 2.24) is 9.55 Å². The van der Waals surface area contributed by atoms with Crippen molar-refractivity contribution in [2.24, 2.45) is 0 Å². The molecule has 0 bridgehead atoms. The summed E-state index contributed by atoms with van der Waals surface area (Å²) in [6, 6.07) is 8.82.